The van der Waals surface area contributed by atoms with Crippen LogP contribution in [0, 0.1) is 12.7 Å². The van der Waals surface area contributed by atoms with Crippen LogP contribution in [0.3, 0.4) is 0 Å². The molecule has 0 aliphatic carbocycles. The second-order valence-electron chi connectivity index (χ2n) is 4.94. The van der Waals surface area contributed by atoms with Gasteiger partial charge in [0, 0.05) is 17.3 Å². The lowest BCUT2D eigenvalue weighted by molar-refractivity contribution is -0.140. The van der Waals surface area contributed by atoms with Gasteiger partial charge in [0.05, 0.1) is 12.2 Å². The van der Waals surface area contributed by atoms with Crippen LogP contribution in [0.25, 0.3) is 0 Å². The molecule has 1 aromatic carbocycles. The number of ether oxygens (including phenoxy) is 1. The third kappa shape index (κ3) is 3.32. The van der Waals surface area contributed by atoms with Crippen LogP contribution in [0.4, 0.5) is 17.6 Å². The highest BCUT2D eigenvalue weighted by molar-refractivity contribution is 6.11. The first-order chi connectivity index (χ1) is 11.2. The molecule has 2 rings (SSSR count). The van der Waals surface area contributed by atoms with E-state index in [0.717, 1.165) is 6.07 Å². The minimum atomic E-state index is -4.84. The van der Waals surface area contributed by atoms with E-state index >= 15 is 0 Å². The number of benzene rings is 1. The van der Waals surface area contributed by atoms with Crippen LogP contribution in [0.1, 0.15) is 44.5 Å². The molecule has 24 heavy (non-hydrogen) atoms. The molecule has 0 bridgehead atoms. The van der Waals surface area contributed by atoms with Gasteiger partial charge >= 0.3 is 12.1 Å². The van der Waals surface area contributed by atoms with Crippen molar-refractivity contribution in [2.24, 2.45) is 0 Å². The molecule has 8 heteroatoms. The number of hydrogen-bond acceptors (Lipinski definition) is 3. The van der Waals surface area contributed by atoms with Gasteiger partial charge < -0.3 is 9.72 Å². The zero-order chi connectivity index (χ0) is 18.1. The fourth-order valence-electron chi connectivity index (χ4n) is 2.19. The topological polar surface area (TPSA) is 59.2 Å². The number of carbonyl (C=O) groups excluding carboxylic acids is 2. The van der Waals surface area contributed by atoms with E-state index in [-0.39, 0.29) is 29.0 Å². The smallest absolute Gasteiger partial charge is 0.419 e. The van der Waals surface area contributed by atoms with Crippen LogP contribution < -0.4 is 0 Å². The third-order valence-electron chi connectivity index (χ3n) is 3.40. The SMILES string of the molecule is CCOC(=O)c1[nH]cc(C(=O)c2ccc(C(F)(F)F)c(F)c2)c1C. The van der Waals surface area contributed by atoms with E-state index in [1.54, 1.807) is 6.92 Å². The van der Waals surface area contributed by atoms with Gasteiger partial charge in [-0.05, 0) is 31.5 Å². The summed E-state index contributed by atoms with van der Waals surface area (Å²) >= 11 is 0. The van der Waals surface area contributed by atoms with Gasteiger partial charge in [0.1, 0.15) is 11.5 Å². The molecule has 4 nitrogen and oxygen atoms in total. The third-order valence-corrected chi connectivity index (χ3v) is 3.40. The number of nitrogens with one attached hydrogen (secondary N) is 1. The van der Waals surface area contributed by atoms with E-state index in [0.29, 0.717) is 12.1 Å². The summed E-state index contributed by atoms with van der Waals surface area (Å²) in [7, 11) is 0. The molecule has 0 unspecified atom stereocenters. The van der Waals surface area contributed by atoms with Crippen LogP contribution in [0.15, 0.2) is 24.4 Å². The lowest BCUT2D eigenvalue weighted by Gasteiger charge is -2.09. The fraction of sp³-hybridized carbons (Fsp3) is 0.250. The first-order valence-corrected chi connectivity index (χ1v) is 6.93. The highest BCUT2D eigenvalue weighted by Crippen LogP contribution is 2.32. The quantitative estimate of drug-likeness (QED) is 0.520. The Morgan fingerprint density at radius 3 is 2.46 bits per heavy atom. The summed E-state index contributed by atoms with van der Waals surface area (Å²) in [6.07, 6.45) is -3.60. The molecule has 0 spiro atoms. The summed E-state index contributed by atoms with van der Waals surface area (Å²) < 4.78 is 56.1. The molecule has 0 fully saturated rings. The minimum Gasteiger partial charge on any atom is -0.461 e. The van der Waals surface area contributed by atoms with E-state index in [2.05, 4.69) is 4.98 Å². The number of ketones is 1. The summed E-state index contributed by atoms with van der Waals surface area (Å²) in [6.45, 7) is 3.24. The number of halogens is 4. The highest BCUT2D eigenvalue weighted by atomic mass is 19.4. The van der Waals surface area contributed by atoms with Crippen molar-refractivity contribution in [1.29, 1.82) is 0 Å². The van der Waals surface area contributed by atoms with E-state index in [1.807, 2.05) is 0 Å². The van der Waals surface area contributed by atoms with Crippen LogP contribution in [0.2, 0.25) is 0 Å². The van der Waals surface area contributed by atoms with Gasteiger partial charge in [-0.2, -0.15) is 13.2 Å². The molecule has 1 aromatic heterocycles. The van der Waals surface area contributed by atoms with Gasteiger partial charge in [0.15, 0.2) is 5.78 Å². The van der Waals surface area contributed by atoms with E-state index in [9.17, 15) is 27.2 Å². The second kappa shape index (κ2) is 6.46. The molecule has 0 saturated carbocycles. The van der Waals surface area contributed by atoms with Crippen molar-refractivity contribution in [3.8, 4) is 0 Å². The summed E-state index contributed by atoms with van der Waals surface area (Å²) in [5, 5.41) is 0. The number of rotatable bonds is 4. The molecule has 2 aromatic rings. The molecular weight excluding hydrogens is 330 g/mol. The molecule has 128 valence electrons. The zero-order valence-corrected chi connectivity index (χ0v) is 12.8. The molecule has 0 atom stereocenters. The molecule has 0 saturated heterocycles. The van der Waals surface area contributed by atoms with Gasteiger partial charge in [0.2, 0.25) is 0 Å². The summed E-state index contributed by atoms with van der Waals surface area (Å²) in [6, 6.07) is 1.93. The average molecular weight is 343 g/mol. The lowest BCUT2D eigenvalue weighted by Crippen LogP contribution is -2.11. The Hall–Kier alpha value is -2.64. The van der Waals surface area contributed by atoms with E-state index in [1.165, 1.54) is 13.1 Å². The van der Waals surface area contributed by atoms with Gasteiger partial charge in [0.25, 0.3) is 0 Å². The van der Waals surface area contributed by atoms with Crippen molar-refractivity contribution in [2.75, 3.05) is 6.61 Å². The van der Waals surface area contributed by atoms with Crippen LogP contribution in [-0.4, -0.2) is 23.3 Å². The van der Waals surface area contributed by atoms with Crippen molar-refractivity contribution < 1.29 is 31.9 Å². The largest absolute Gasteiger partial charge is 0.461 e. The normalized spacial score (nSPS) is 11.4. The molecule has 1 heterocycles. The Kier molecular flexibility index (Phi) is 4.77. The highest BCUT2D eigenvalue weighted by Gasteiger charge is 2.34. The molecule has 0 amide bonds. The monoisotopic (exact) mass is 343 g/mol. The number of alkyl halides is 3. The van der Waals surface area contributed by atoms with Crippen molar-refractivity contribution in [3.63, 3.8) is 0 Å². The summed E-state index contributed by atoms with van der Waals surface area (Å²) in [5.74, 6) is -2.90. The number of H-pyrrole nitrogens is 1. The maximum atomic E-state index is 13.6. The number of esters is 1. The van der Waals surface area contributed by atoms with Gasteiger partial charge in [-0.25, -0.2) is 9.18 Å². The first kappa shape index (κ1) is 17.7. The van der Waals surface area contributed by atoms with E-state index in [4.69, 9.17) is 4.74 Å². The van der Waals surface area contributed by atoms with Crippen LogP contribution in [-0.2, 0) is 10.9 Å². The second-order valence-corrected chi connectivity index (χ2v) is 4.94. The van der Waals surface area contributed by atoms with Gasteiger partial charge in [-0.1, -0.05) is 6.07 Å². The molecule has 1 N–H and O–H groups in total. The summed E-state index contributed by atoms with van der Waals surface area (Å²) in [4.78, 5) is 26.6. The van der Waals surface area contributed by atoms with Crippen LogP contribution >= 0.6 is 0 Å². The van der Waals surface area contributed by atoms with Crippen molar-refractivity contribution >= 4 is 11.8 Å². The molecule has 0 aliphatic heterocycles. The first-order valence-electron chi connectivity index (χ1n) is 6.93. The molecule has 0 aliphatic rings. The Morgan fingerprint density at radius 2 is 1.92 bits per heavy atom. The zero-order valence-electron chi connectivity index (χ0n) is 12.8. The number of hydrogen-bond donors (Lipinski definition) is 1. The maximum absolute atomic E-state index is 13.6. The molecular formula is C16H13F4NO3. The van der Waals surface area contributed by atoms with Crippen molar-refractivity contribution in [3.05, 3.63) is 58.2 Å². The number of aromatic amines is 1. The Bertz CT molecular complexity index is 793. The predicted molar refractivity (Wildman–Crippen MR) is 76.3 cm³/mol. The van der Waals surface area contributed by atoms with Crippen LogP contribution in [0.5, 0.6) is 0 Å². The predicted octanol–water partition coefficient (Wildman–Crippen LogP) is 3.89. The Balaban J connectivity index is 2.37. The van der Waals surface area contributed by atoms with Crippen molar-refractivity contribution in [2.45, 2.75) is 20.0 Å². The Morgan fingerprint density at radius 1 is 1.25 bits per heavy atom. The molecule has 0 radical (unpaired) electrons. The average Bonchev–Trinajstić information content (AvgIpc) is 2.87. The Labute approximate surface area is 134 Å². The van der Waals surface area contributed by atoms with Gasteiger partial charge in [-0.15, -0.1) is 0 Å². The lowest BCUT2D eigenvalue weighted by atomic mass is 10.0. The van der Waals surface area contributed by atoms with E-state index < -0.39 is 29.3 Å². The minimum absolute atomic E-state index is 0.0530. The number of carbonyl (C=O) groups is 2. The standard InChI is InChI=1S/C16H13F4NO3/c1-3-24-15(23)13-8(2)10(7-21-13)14(22)9-4-5-11(12(17)6-9)16(18,19)20/h4-7,21H,3H2,1-2H3. The fourth-order valence-corrected chi connectivity index (χ4v) is 2.19. The van der Waals surface area contributed by atoms with Gasteiger partial charge in [-0.3, -0.25) is 4.79 Å². The number of aromatic nitrogens is 1. The maximum Gasteiger partial charge on any atom is 0.419 e. The van der Waals surface area contributed by atoms with Crippen molar-refractivity contribution in [1.82, 2.24) is 4.98 Å². The summed E-state index contributed by atoms with van der Waals surface area (Å²) in [5.41, 5.74) is -1.31.